The van der Waals surface area contributed by atoms with Crippen molar-refractivity contribution in [3.05, 3.63) is 64.0 Å². The first kappa shape index (κ1) is 17.8. The lowest BCUT2D eigenvalue weighted by molar-refractivity contribution is -0.384. The van der Waals surface area contributed by atoms with Crippen LogP contribution >= 0.6 is 0 Å². The Hall–Kier alpha value is -2.52. The van der Waals surface area contributed by atoms with Crippen LogP contribution in [0, 0.1) is 22.9 Å². The number of nitro groups is 1. The van der Waals surface area contributed by atoms with Gasteiger partial charge in [-0.15, -0.1) is 0 Å². The topological polar surface area (TPSA) is 101 Å². The second-order valence-corrected chi connectivity index (χ2v) is 6.77. The number of hydrogen-bond acceptors (Lipinski definition) is 5. The Morgan fingerprint density at radius 2 is 1.79 bits per heavy atom. The average molecular weight is 353 g/mol. The highest BCUT2D eigenvalue weighted by atomic mass is 32.2. The molecule has 0 aromatic heterocycles. The zero-order valence-electron chi connectivity index (χ0n) is 12.8. The molecule has 2 aromatic carbocycles. The molecule has 0 fully saturated rings. The summed E-state index contributed by atoms with van der Waals surface area (Å²) >= 11 is 0. The van der Waals surface area contributed by atoms with Gasteiger partial charge in [-0.3, -0.25) is 10.1 Å². The van der Waals surface area contributed by atoms with E-state index in [1.807, 2.05) is 0 Å². The van der Waals surface area contributed by atoms with Gasteiger partial charge in [-0.2, -0.15) is 0 Å². The minimum Gasteiger partial charge on any atom is -0.384 e. The number of nitro benzene ring substituents is 1. The van der Waals surface area contributed by atoms with E-state index in [0.717, 1.165) is 6.07 Å². The number of nitrogens with one attached hydrogen (secondary N) is 2. The van der Waals surface area contributed by atoms with Crippen LogP contribution in [0.4, 0.5) is 15.8 Å². The Kier molecular flexibility index (Phi) is 5.47. The molecule has 2 aromatic rings. The van der Waals surface area contributed by atoms with Crippen LogP contribution in [-0.2, 0) is 10.0 Å². The summed E-state index contributed by atoms with van der Waals surface area (Å²) in [5.41, 5.74) is 1.05. The molecule has 128 valence electrons. The normalized spacial score (nSPS) is 11.2. The average Bonchev–Trinajstić information content (AvgIpc) is 2.54. The molecule has 0 aliphatic rings. The number of nitrogens with zero attached hydrogens (tertiary/aromatic N) is 1. The van der Waals surface area contributed by atoms with Crippen LogP contribution in [0.25, 0.3) is 0 Å². The summed E-state index contributed by atoms with van der Waals surface area (Å²) in [6.45, 7) is 1.93. The summed E-state index contributed by atoms with van der Waals surface area (Å²) in [6, 6.07) is 9.34. The molecule has 0 saturated heterocycles. The van der Waals surface area contributed by atoms with Gasteiger partial charge in [-0.1, -0.05) is 6.07 Å². The van der Waals surface area contributed by atoms with E-state index < -0.39 is 20.8 Å². The summed E-state index contributed by atoms with van der Waals surface area (Å²) in [4.78, 5) is 9.95. The first-order valence-electron chi connectivity index (χ1n) is 7.04. The predicted octanol–water partition coefficient (Wildman–Crippen LogP) is 2.43. The second kappa shape index (κ2) is 7.37. The zero-order chi connectivity index (χ0) is 17.7. The maximum absolute atomic E-state index is 13.2. The molecular formula is C15H16FN3O4S. The summed E-state index contributed by atoms with van der Waals surface area (Å²) in [5.74, 6) is -0.620. The Labute approximate surface area is 138 Å². The molecule has 7 nitrogen and oxygen atoms in total. The van der Waals surface area contributed by atoms with Crippen molar-refractivity contribution >= 4 is 21.4 Å². The molecule has 9 heteroatoms. The van der Waals surface area contributed by atoms with Gasteiger partial charge in [-0.05, 0) is 36.8 Å². The number of hydrogen-bond donors (Lipinski definition) is 2. The van der Waals surface area contributed by atoms with Crippen molar-refractivity contribution in [3.63, 3.8) is 0 Å². The highest BCUT2D eigenvalue weighted by Crippen LogP contribution is 2.16. The molecule has 0 spiro atoms. The standard InChI is InChI=1S/C15H16FN3O4S/c1-11-2-3-12(16)10-15(11)24(22,23)18-9-8-17-13-4-6-14(7-5-13)19(20)21/h2-7,10,17-18H,8-9H2,1H3. The summed E-state index contributed by atoms with van der Waals surface area (Å²) in [5, 5.41) is 13.5. The lowest BCUT2D eigenvalue weighted by Crippen LogP contribution is -2.29. The smallest absolute Gasteiger partial charge is 0.269 e. The van der Waals surface area contributed by atoms with Crippen LogP contribution in [-0.4, -0.2) is 26.4 Å². The van der Waals surface area contributed by atoms with E-state index in [-0.39, 0.29) is 23.7 Å². The number of halogens is 1. The van der Waals surface area contributed by atoms with Crippen LogP contribution in [0.3, 0.4) is 0 Å². The molecule has 0 atom stereocenters. The van der Waals surface area contributed by atoms with E-state index in [1.54, 1.807) is 6.92 Å². The van der Waals surface area contributed by atoms with E-state index in [1.165, 1.54) is 36.4 Å². The molecule has 0 radical (unpaired) electrons. The van der Waals surface area contributed by atoms with Gasteiger partial charge in [0.1, 0.15) is 5.82 Å². The van der Waals surface area contributed by atoms with Gasteiger partial charge in [0.25, 0.3) is 5.69 Å². The molecule has 0 saturated carbocycles. The van der Waals surface area contributed by atoms with Crippen molar-refractivity contribution in [1.29, 1.82) is 0 Å². The van der Waals surface area contributed by atoms with E-state index in [0.29, 0.717) is 11.3 Å². The summed E-state index contributed by atoms with van der Waals surface area (Å²) < 4.78 is 39.9. The number of anilines is 1. The largest absolute Gasteiger partial charge is 0.384 e. The maximum atomic E-state index is 13.2. The molecule has 0 unspecified atom stereocenters. The zero-order valence-corrected chi connectivity index (χ0v) is 13.6. The minimum atomic E-state index is -3.81. The van der Waals surface area contributed by atoms with Crippen LogP contribution in [0.2, 0.25) is 0 Å². The van der Waals surface area contributed by atoms with Crippen LogP contribution in [0.15, 0.2) is 47.4 Å². The molecule has 2 N–H and O–H groups in total. The van der Waals surface area contributed by atoms with Gasteiger partial charge >= 0.3 is 0 Å². The maximum Gasteiger partial charge on any atom is 0.269 e. The molecule has 0 aliphatic heterocycles. The van der Waals surface area contributed by atoms with Crippen molar-refractivity contribution in [2.45, 2.75) is 11.8 Å². The quantitative estimate of drug-likeness (QED) is 0.452. The number of benzene rings is 2. The first-order valence-corrected chi connectivity index (χ1v) is 8.52. The van der Waals surface area contributed by atoms with Gasteiger partial charge in [-0.25, -0.2) is 17.5 Å². The Balaban J connectivity index is 1.91. The molecule has 0 amide bonds. The fourth-order valence-corrected chi connectivity index (χ4v) is 3.32. The second-order valence-electron chi connectivity index (χ2n) is 5.04. The van der Waals surface area contributed by atoms with Gasteiger partial charge in [0, 0.05) is 30.9 Å². The van der Waals surface area contributed by atoms with Crippen molar-refractivity contribution in [1.82, 2.24) is 4.72 Å². The molecule has 0 heterocycles. The summed E-state index contributed by atoms with van der Waals surface area (Å²) in [6.07, 6.45) is 0. The number of aryl methyl sites for hydroxylation is 1. The van der Waals surface area contributed by atoms with Gasteiger partial charge in [0.05, 0.1) is 9.82 Å². The van der Waals surface area contributed by atoms with E-state index in [4.69, 9.17) is 0 Å². The van der Waals surface area contributed by atoms with Crippen molar-refractivity contribution < 1.29 is 17.7 Å². The predicted molar refractivity (Wildman–Crippen MR) is 87.9 cm³/mol. The third kappa shape index (κ3) is 4.49. The summed E-state index contributed by atoms with van der Waals surface area (Å²) in [7, 11) is -3.81. The van der Waals surface area contributed by atoms with E-state index in [2.05, 4.69) is 10.0 Å². The fraction of sp³-hybridized carbons (Fsp3) is 0.200. The lowest BCUT2D eigenvalue weighted by atomic mass is 10.2. The number of sulfonamides is 1. The molecule has 24 heavy (non-hydrogen) atoms. The molecule has 2 rings (SSSR count). The molecule has 0 aliphatic carbocycles. The van der Waals surface area contributed by atoms with Crippen LogP contribution in [0.5, 0.6) is 0 Å². The first-order chi connectivity index (χ1) is 11.3. The fourth-order valence-electron chi connectivity index (χ4n) is 2.03. The number of non-ortho nitro benzene ring substituents is 1. The van der Waals surface area contributed by atoms with E-state index in [9.17, 15) is 22.9 Å². The molecule has 0 bridgehead atoms. The Bertz CT molecular complexity index is 838. The number of rotatable bonds is 7. The lowest BCUT2D eigenvalue weighted by Gasteiger charge is -2.10. The van der Waals surface area contributed by atoms with Crippen LogP contribution in [0.1, 0.15) is 5.56 Å². The van der Waals surface area contributed by atoms with Crippen molar-refractivity contribution in [3.8, 4) is 0 Å². The SMILES string of the molecule is Cc1ccc(F)cc1S(=O)(=O)NCCNc1ccc([N+](=O)[O-])cc1. The third-order valence-electron chi connectivity index (χ3n) is 3.26. The Morgan fingerprint density at radius 3 is 2.42 bits per heavy atom. The highest BCUT2D eigenvalue weighted by Gasteiger charge is 2.16. The van der Waals surface area contributed by atoms with Gasteiger partial charge < -0.3 is 5.32 Å². The third-order valence-corrected chi connectivity index (χ3v) is 4.87. The van der Waals surface area contributed by atoms with Gasteiger partial charge in [0.2, 0.25) is 10.0 Å². The minimum absolute atomic E-state index is 0.0252. The van der Waals surface area contributed by atoms with E-state index >= 15 is 0 Å². The molecular weight excluding hydrogens is 337 g/mol. The van der Waals surface area contributed by atoms with Crippen molar-refractivity contribution in [2.75, 3.05) is 18.4 Å². The Morgan fingerprint density at radius 1 is 1.12 bits per heavy atom. The van der Waals surface area contributed by atoms with Crippen LogP contribution < -0.4 is 10.0 Å². The highest BCUT2D eigenvalue weighted by molar-refractivity contribution is 7.89. The van der Waals surface area contributed by atoms with Gasteiger partial charge in [0.15, 0.2) is 0 Å². The monoisotopic (exact) mass is 353 g/mol. The van der Waals surface area contributed by atoms with Crippen molar-refractivity contribution in [2.24, 2.45) is 0 Å².